The predicted molar refractivity (Wildman–Crippen MR) is 105 cm³/mol. The molecule has 0 atom stereocenters. The van der Waals surface area contributed by atoms with E-state index in [2.05, 4.69) is 10.3 Å². The summed E-state index contributed by atoms with van der Waals surface area (Å²) in [4.78, 5) is 16.8. The van der Waals surface area contributed by atoms with Gasteiger partial charge in [-0.25, -0.2) is 4.98 Å². The zero-order chi connectivity index (χ0) is 18.8. The molecular weight excluding hydrogens is 364 g/mol. The lowest BCUT2D eigenvalue weighted by Crippen LogP contribution is -2.11. The van der Waals surface area contributed by atoms with Gasteiger partial charge in [0.15, 0.2) is 5.58 Å². The van der Waals surface area contributed by atoms with Gasteiger partial charge in [0.1, 0.15) is 11.3 Å². The summed E-state index contributed by atoms with van der Waals surface area (Å²) in [6.07, 6.45) is 0. The smallest absolute Gasteiger partial charge is 0.255 e. The van der Waals surface area contributed by atoms with Crippen LogP contribution in [0.1, 0.15) is 10.4 Å². The third-order valence-electron chi connectivity index (χ3n) is 4.09. The minimum Gasteiger partial charge on any atom is -0.497 e. The number of oxazole rings is 1. The van der Waals surface area contributed by atoms with Gasteiger partial charge in [0.05, 0.1) is 7.11 Å². The quantitative estimate of drug-likeness (QED) is 0.515. The van der Waals surface area contributed by atoms with Crippen molar-refractivity contribution in [1.82, 2.24) is 4.98 Å². The topological polar surface area (TPSA) is 64.4 Å². The van der Waals surface area contributed by atoms with Gasteiger partial charge in [-0.15, -0.1) is 0 Å². The number of nitrogens with zero attached hydrogens (tertiary/aromatic N) is 1. The second kappa shape index (κ2) is 7.13. The van der Waals surface area contributed by atoms with Crippen LogP contribution in [0.5, 0.6) is 5.75 Å². The number of benzene rings is 3. The molecule has 0 aliphatic heterocycles. The van der Waals surface area contributed by atoms with Crippen LogP contribution in [0.25, 0.3) is 22.6 Å². The SMILES string of the molecule is COc1ccc(C(=O)Nc2ccc(-c3nc4cc(Cl)ccc4o3)cc2)cc1. The maximum atomic E-state index is 12.3. The second-order valence-corrected chi connectivity index (χ2v) is 6.33. The van der Waals surface area contributed by atoms with Gasteiger partial charge >= 0.3 is 0 Å². The molecule has 0 aliphatic carbocycles. The number of methoxy groups -OCH3 is 1. The molecule has 27 heavy (non-hydrogen) atoms. The van der Waals surface area contributed by atoms with E-state index in [9.17, 15) is 4.79 Å². The number of ether oxygens (including phenoxy) is 1. The van der Waals surface area contributed by atoms with Crippen molar-refractivity contribution in [2.24, 2.45) is 0 Å². The summed E-state index contributed by atoms with van der Waals surface area (Å²) in [7, 11) is 1.59. The average Bonchev–Trinajstić information content (AvgIpc) is 3.11. The molecule has 0 bridgehead atoms. The molecule has 0 unspecified atom stereocenters. The molecule has 3 aromatic carbocycles. The Kier molecular flexibility index (Phi) is 4.52. The van der Waals surface area contributed by atoms with Crippen LogP contribution in [0.15, 0.2) is 71.1 Å². The van der Waals surface area contributed by atoms with Crippen molar-refractivity contribution in [3.8, 4) is 17.2 Å². The first-order valence-electron chi connectivity index (χ1n) is 8.24. The van der Waals surface area contributed by atoms with Gasteiger partial charge in [-0.3, -0.25) is 4.79 Å². The Morgan fingerprint density at radius 3 is 2.48 bits per heavy atom. The number of hydrogen-bond acceptors (Lipinski definition) is 4. The fraction of sp³-hybridized carbons (Fsp3) is 0.0476. The number of halogens is 1. The molecule has 0 spiro atoms. The van der Waals surface area contributed by atoms with E-state index in [4.69, 9.17) is 20.8 Å². The number of anilines is 1. The normalized spacial score (nSPS) is 10.7. The molecular formula is C21H15ClN2O3. The van der Waals surface area contributed by atoms with E-state index in [-0.39, 0.29) is 5.91 Å². The van der Waals surface area contributed by atoms with Crippen LogP contribution in [-0.2, 0) is 0 Å². The summed E-state index contributed by atoms with van der Waals surface area (Å²) >= 11 is 5.98. The number of nitrogens with one attached hydrogen (secondary N) is 1. The monoisotopic (exact) mass is 378 g/mol. The number of carbonyl (C=O) groups excluding carboxylic acids is 1. The zero-order valence-electron chi connectivity index (χ0n) is 14.4. The lowest BCUT2D eigenvalue weighted by atomic mass is 10.1. The molecule has 134 valence electrons. The van der Waals surface area contributed by atoms with E-state index in [1.54, 1.807) is 61.7 Å². The molecule has 0 aliphatic rings. The fourth-order valence-corrected chi connectivity index (χ4v) is 2.83. The van der Waals surface area contributed by atoms with Crippen molar-refractivity contribution in [2.45, 2.75) is 0 Å². The Hall–Kier alpha value is -3.31. The van der Waals surface area contributed by atoms with Gasteiger partial charge in [0, 0.05) is 21.8 Å². The number of rotatable bonds is 4. The molecule has 0 saturated heterocycles. The third kappa shape index (κ3) is 3.64. The van der Waals surface area contributed by atoms with Crippen molar-refractivity contribution in [3.63, 3.8) is 0 Å². The first kappa shape index (κ1) is 17.1. The lowest BCUT2D eigenvalue weighted by molar-refractivity contribution is 0.102. The summed E-state index contributed by atoms with van der Waals surface area (Å²) in [5.74, 6) is 1.01. The summed E-state index contributed by atoms with van der Waals surface area (Å²) < 4.78 is 10.8. The van der Waals surface area contributed by atoms with Gasteiger partial charge in [0.2, 0.25) is 5.89 Å². The van der Waals surface area contributed by atoms with Crippen molar-refractivity contribution in [3.05, 3.63) is 77.3 Å². The zero-order valence-corrected chi connectivity index (χ0v) is 15.2. The average molecular weight is 379 g/mol. The highest BCUT2D eigenvalue weighted by Gasteiger charge is 2.10. The molecule has 6 heteroatoms. The molecule has 0 saturated carbocycles. The lowest BCUT2D eigenvalue weighted by Gasteiger charge is -2.06. The highest BCUT2D eigenvalue weighted by Crippen LogP contribution is 2.27. The molecule has 0 fully saturated rings. The molecule has 0 radical (unpaired) electrons. The van der Waals surface area contributed by atoms with Crippen LogP contribution in [0.2, 0.25) is 5.02 Å². The van der Waals surface area contributed by atoms with Crippen LogP contribution in [0, 0.1) is 0 Å². The van der Waals surface area contributed by atoms with Gasteiger partial charge in [0.25, 0.3) is 5.91 Å². The van der Waals surface area contributed by atoms with E-state index in [0.29, 0.717) is 39.0 Å². The molecule has 1 amide bonds. The van der Waals surface area contributed by atoms with Gasteiger partial charge < -0.3 is 14.5 Å². The predicted octanol–water partition coefficient (Wildman–Crippen LogP) is 5.41. The number of aromatic nitrogens is 1. The Labute approximate surface area is 160 Å². The molecule has 4 aromatic rings. The van der Waals surface area contributed by atoms with Crippen LogP contribution >= 0.6 is 11.6 Å². The van der Waals surface area contributed by atoms with Gasteiger partial charge in [-0.1, -0.05) is 11.6 Å². The molecule has 4 rings (SSSR count). The number of hydrogen-bond donors (Lipinski definition) is 1. The first-order valence-corrected chi connectivity index (χ1v) is 8.62. The van der Waals surface area contributed by atoms with Crippen LogP contribution in [0.3, 0.4) is 0 Å². The van der Waals surface area contributed by atoms with E-state index in [0.717, 1.165) is 5.56 Å². The standard InChI is InChI=1S/C21H15ClN2O3/c1-26-17-9-4-13(5-10-17)20(25)23-16-7-2-14(3-8-16)21-24-18-12-15(22)6-11-19(18)27-21/h2-12H,1H3,(H,23,25). The fourth-order valence-electron chi connectivity index (χ4n) is 2.67. The summed E-state index contributed by atoms with van der Waals surface area (Å²) in [5.41, 5.74) is 3.42. The van der Waals surface area contributed by atoms with Crippen molar-refractivity contribution in [1.29, 1.82) is 0 Å². The van der Waals surface area contributed by atoms with Gasteiger partial charge in [-0.05, 0) is 66.7 Å². The van der Waals surface area contributed by atoms with Crippen molar-refractivity contribution < 1.29 is 13.9 Å². The van der Waals surface area contributed by atoms with E-state index in [1.807, 2.05) is 12.1 Å². The Balaban J connectivity index is 1.51. The maximum Gasteiger partial charge on any atom is 0.255 e. The molecule has 5 nitrogen and oxygen atoms in total. The largest absolute Gasteiger partial charge is 0.497 e. The first-order chi connectivity index (χ1) is 13.1. The highest BCUT2D eigenvalue weighted by atomic mass is 35.5. The molecule has 1 heterocycles. The van der Waals surface area contributed by atoms with Crippen LogP contribution in [-0.4, -0.2) is 18.0 Å². The minimum atomic E-state index is -0.193. The number of amides is 1. The van der Waals surface area contributed by atoms with E-state index in [1.165, 1.54) is 0 Å². The summed E-state index contributed by atoms with van der Waals surface area (Å²) in [6.45, 7) is 0. The third-order valence-corrected chi connectivity index (χ3v) is 4.33. The second-order valence-electron chi connectivity index (χ2n) is 5.89. The minimum absolute atomic E-state index is 0.193. The number of fused-ring (bicyclic) bond motifs is 1. The van der Waals surface area contributed by atoms with Crippen molar-refractivity contribution in [2.75, 3.05) is 12.4 Å². The Morgan fingerprint density at radius 1 is 1.04 bits per heavy atom. The number of carbonyl (C=O) groups is 1. The van der Waals surface area contributed by atoms with Crippen LogP contribution < -0.4 is 10.1 Å². The Morgan fingerprint density at radius 2 is 1.78 bits per heavy atom. The van der Waals surface area contributed by atoms with E-state index < -0.39 is 0 Å². The van der Waals surface area contributed by atoms with Crippen molar-refractivity contribution >= 4 is 34.3 Å². The van der Waals surface area contributed by atoms with E-state index >= 15 is 0 Å². The molecule has 1 N–H and O–H groups in total. The van der Waals surface area contributed by atoms with Crippen LogP contribution in [0.4, 0.5) is 5.69 Å². The summed E-state index contributed by atoms with van der Waals surface area (Å²) in [6, 6.07) is 19.5. The summed E-state index contributed by atoms with van der Waals surface area (Å²) in [5, 5.41) is 3.47. The van der Waals surface area contributed by atoms with Gasteiger partial charge in [-0.2, -0.15) is 0 Å². The maximum absolute atomic E-state index is 12.3. The highest BCUT2D eigenvalue weighted by molar-refractivity contribution is 6.31. The molecule has 1 aromatic heterocycles. The Bertz CT molecular complexity index is 1100.